The summed E-state index contributed by atoms with van der Waals surface area (Å²) in [7, 11) is -4.02. The number of likely N-dealkylation sites (tertiary alicyclic amines) is 1. The molecule has 3 aromatic rings. The molecule has 214 valence electrons. The molecule has 1 aliphatic heterocycles. The van der Waals surface area contributed by atoms with Crippen LogP contribution in [0.25, 0.3) is 5.69 Å². The second kappa shape index (κ2) is 12.0. The Balaban J connectivity index is 1.09. The molecular formula is C28H32Cl2N4O5S. The molecule has 0 radical (unpaired) electrons. The number of hydrogen-bond donors (Lipinski definition) is 2. The fourth-order valence-electron chi connectivity index (χ4n) is 5.56. The molecule has 12 heteroatoms. The van der Waals surface area contributed by atoms with Gasteiger partial charge >= 0.3 is 0 Å². The Morgan fingerprint density at radius 1 is 0.950 bits per heavy atom. The van der Waals surface area contributed by atoms with Gasteiger partial charge in [-0.05, 0) is 81.8 Å². The minimum Gasteiger partial charge on any atom is -0.490 e. The second-order valence-electron chi connectivity index (χ2n) is 10.5. The van der Waals surface area contributed by atoms with E-state index in [2.05, 4.69) is 14.7 Å². The molecule has 0 unspecified atom stereocenters. The van der Waals surface area contributed by atoms with Crippen LogP contribution in [0.1, 0.15) is 44.2 Å². The number of rotatable bonds is 7. The summed E-state index contributed by atoms with van der Waals surface area (Å²) in [5, 5.41) is 3.88. The van der Waals surface area contributed by atoms with Gasteiger partial charge in [-0.2, -0.15) is 0 Å². The van der Waals surface area contributed by atoms with Gasteiger partial charge < -0.3 is 9.64 Å². The van der Waals surface area contributed by atoms with Crippen LogP contribution in [0.4, 0.5) is 0 Å². The number of carbonyl (C=O) groups is 1. The number of hydrogen-bond acceptors (Lipinski definition) is 6. The van der Waals surface area contributed by atoms with E-state index in [4.69, 9.17) is 27.9 Å². The number of amides is 1. The molecule has 0 bridgehead atoms. The number of nitrogens with one attached hydrogen (secondary N) is 2. The second-order valence-corrected chi connectivity index (χ2v) is 13.0. The normalized spacial score (nSPS) is 20.8. The van der Waals surface area contributed by atoms with Gasteiger partial charge in [0.15, 0.2) is 0 Å². The third-order valence-electron chi connectivity index (χ3n) is 7.74. The first-order valence-corrected chi connectivity index (χ1v) is 15.6. The average Bonchev–Trinajstić information content (AvgIpc) is 3.28. The van der Waals surface area contributed by atoms with Crippen molar-refractivity contribution in [3.8, 4) is 11.4 Å². The summed E-state index contributed by atoms with van der Waals surface area (Å²) in [6, 6.07) is 13.0. The molecule has 0 spiro atoms. The minimum absolute atomic E-state index is 0.0272. The summed E-state index contributed by atoms with van der Waals surface area (Å²) >= 11 is 12.1. The summed E-state index contributed by atoms with van der Waals surface area (Å²) < 4.78 is 35.4. The van der Waals surface area contributed by atoms with Crippen LogP contribution in [0.3, 0.4) is 0 Å². The summed E-state index contributed by atoms with van der Waals surface area (Å²) in [6.45, 7) is 3.58. The van der Waals surface area contributed by atoms with Crippen molar-refractivity contribution in [1.82, 2.24) is 19.4 Å². The molecule has 2 fully saturated rings. The molecule has 1 amide bonds. The van der Waals surface area contributed by atoms with Crippen molar-refractivity contribution in [3.05, 3.63) is 74.6 Å². The number of sulfonamides is 1. The van der Waals surface area contributed by atoms with E-state index in [0.717, 1.165) is 44.5 Å². The average molecular weight is 608 g/mol. The monoisotopic (exact) mass is 606 g/mol. The number of aryl methyl sites for hydroxylation is 1. The summed E-state index contributed by atoms with van der Waals surface area (Å²) in [4.78, 5) is 27.3. The Morgan fingerprint density at radius 2 is 1.62 bits per heavy atom. The van der Waals surface area contributed by atoms with Crippen molar-refractivity contribution in [2.45, 2.75) is 62.5 Å². The van der Waals surface area contributed by atoms with Crippen LogP contribution in [-0.4, -0.2) is 54.2 Å². The highest BCUT2D eigenvalue weighted by Crippen LogP contribution is 2.32. The zero-order valence-electron chi connectivity index (χ0n) is 22.1. The standard InChI is InChI=1S/C28H32Cl2N4O5S/c1-18-16-27(35)34(31-18)21-6-9-24(10-7-21)40(37,38)32-28(36)19-2-4-20(5-3-19)33-14-12-22(13-15-33)39-23-8-11-25(29)26(30)17-23/h6-11,16-17,19-20,22,31H,2-5,12-15H2,1H3,(H,32,36). The van der Waals surface area contributed by atoms with E-state index in [-0.39, 0.29) is 22.5 Å². The van der Waals surface area contributed by atoms with Crippen LogP contribution in [0.2, 0.25) is 10.0 Å². The number of nitrogens with zero attached hydrogens (tertiary/aromatic N) is 2. The van der Waals surface area contributed by atoms with Crippen LogP contribution in [-0.2, 0) is 14.8 Å². The van der Waals surface area contributed by atoms with Crippen molar-refractivity contribution in [1.29, 1.82) is 0 Å². The van der Waals surface area contributed by atoms with Gasteiger partial charge in [-0.3, -0.25) is 14.7 Å². The van der Waals surface area contributed by atoms with E-state index in [1.54, 1.807) is 19.1 Å². The molecule has 2 aromatic carbocycles. The Hall–Kier alpha value is -2.79. The third kappa shape index (κ3) is 6.57. The molecule has 2 heterocycles. The highest BCUT2D eigenvalue weighted by Gasteiger charge is 2.33. The van der Waals surface area contributed by atoms with E-state index in [9.17, 15) is 18.0 Å². The van der Waals surface area contributed by atoms with Gasteiger partial charge in [0, 0.05) is 42.9 Å². The Bertz CT molecular complexity index is 1520. The molecule has 1 saturated carbocycles. The predicted molar refractivity (Wildman–Crippen MR) is 154 cm³/mol. The van der Waals surface area contributed by atoms with Crippen LogP contribution in [0, 0.1) is 12.8 Å². The number of benzene rings is 2. The van der Waals surface area contributed by atoms with Gasteiger partial charge in [-0.1, -0.05) is 23.2 Å². The van der Waals surface area contributed by atoms with Gasteiger partial charge in [0.1, 0.15) is 11.9 Å². The van der Waals surface area contributed by atoms with Gasteiger partial charge in [-0.25, -0.2) is 17.8 Å². The number of halogens is 2. The number of piperidine rings is 1. The van der Waals surface area contributed by atoms with Gasteiger partial charge in [0.25, 0.3) is 15.6 Å². The fourth-order valence-corrected chi connectivity index (χ4v) is 6.89. The third-order valence-corrected chi connectivity index (χ3v) is 9.84. The zero-order valence-corrected chi connectivity index (χ0v) is 24.4. The van der Waals surface area contributed by atoms with E-state index >= 15 is 0 Å². The maximum absolute atomic E-state index is 12.9. The van der Waals surface area contributed by atoms with E-state index in [0.29, 0.717) is 40.3 Å². The fraction of sp³-hybridized carbons (Fsp3) is 0.429. The lowest BCUT2D eigenvalue weighted by atomic mass is 9.84. The lowest BCUT2D eigenvalue weighted by molar-refractivity contribution is -0.124. The largest absolute Gasteiger partial charge is 0.490 e. The van der Waals surface area contributed by atoms with E-state index in [1.165, 1.54) is 35.0 Å². The van der Waals surface area contributed by atoms with Gasteiger partial charge in [-0.15, -0.1) is 0 Å². The molecule has 2 aliphatic rings. The predicted octanol–water partition coefficient (Wildman–Crippen LogP) is 4.69. The number of ether oxygens (including phenoxy) is 1. The molecule has 5 rings (SSSR count). The summed E-state index contributed by atoms with van der Waals surface area (Å²) in [5.74, 6) is -0.0925. The quantitative estimate of drug-likeness (QED) is 0.403. The molecule has 0 atom stereocenters. The van der Waals surface area contributed by atoms with Crippen molar-refractivity contribution < 1.29 is 17.9 Å². The highest BCUT2D eigenvalue weighted by atomic mass is 35.5. The Kier molecular flexibility index (Phi) is 8.61. The number of aromatic amines is 1. The lowest BCUT2D eigenvalue weighted by Gasteiger charge is -2.40. The zero-order chi connectivity index (χ0) is 28.4. The SMILES string of the molecule is Cc1cc(=O)n(-c2ccc(S(=O)(=O)NC(=O)C3CCC(N4CCC(Oc5ccc(Cl)c(Cl)c5)CC4)CC3)cc2)[nH]1. The Morgan fingerprint density at radius 3 is 2.23 bits per heavy atom. The first-order valence-electron chi connectivity index (χ1n) is 13.4. The van der Waals surface area contributed by atoms with E-state index < -0.39 is 15.9 Å². The van der Waals surface area contributed by atoms with Crippen LogP contribution < -0.4 is 15.0 Å². The molecular weight excluding hydrogens is 575 g/mol. The van der Waals surface area contributed by atoms with Crippen molar-refractivity contribution >= 4 is 39.1 Å². The first kappa shape index (κ1) is 28.7. The van der Waals surface area contributed by atoms with E-state index in [1.807, 2.05) is 6.07 Å². The molecule has 1 aromatic heterocycles. The van der Waals surface area contributed by atoms with Crippen molar-refractivity contribution in [3.63, 3.8) is 0 Å². The molecule has 9 nitrogen and oxygen atoms in total. The highest BCUT2D eigenvalue weighted by molar-refractivity contribution is 7.90. The van der Waals surface area contributed by atoms with Crippen molar-refractivity contribution in [2.75, 3.05) is 13.1 Å². The number of carbonyl (C=O) groups excluding carboxylic acids is 1. The first-order chi connectivity index (χ1) is 19.1. The molecule has 2 N–H and O–H groups in total. The molecule has 40 heavy (non-hydrogen) atoms. The number of H-pyrrole nitrogens is 1. The van der Waals surface area contributed by atoms with Crippen LogP contribution in [0.15, 0.2) is 58.2 Å². The topological polar surface area (TPSA) is 114 Å². The van der Waals surface area contributed by atoms with Crippen LogP contribution >= 0.6 is 23.2 Å². The van der Waals surface area contributed by atoms with Crippen molar-refractivity contribution in [2.24, 2.45) is 5.92 Å². The lowest BCUT2D eigenvalue weighted by Crippen LogP contribution is -2.46. The van der Waals surface area contributed by atoms with Gasteiger partial charge in [0.2, 0.25) is 5.91 Å². The summed E-state index contributed by atoms with van der Waals surface area (Å²) in [5.41, 5.74) is 0.965. The Labute approximate surface area is 243 Å². The molecule has 1 saturated heterocycles. The molecule has 1 aliphatic carbocycles. The van der Waals surface area contributed by atoms with Gasteiger partial charge in [0.05, 0.1) is 20.6 Å². The smallest absolute Gasteiger partial charge is 0.271 e. The maximum Gasteiger partial charge on any atom is 0.271 e. The summed E-state index contributed by atoms with van der Waals surface area (Å²) in [6.07, 6.45) is 4.87. The number of aromatic nitrogens is 2. The minimum atomic E-state index is -4.02. The van der Waals surface area contributed by atoms with Crippen LogP contribution in [0.5, 0.6) is 5.75 Å². The maximum atomic E-state index is 12.9.